The number of rotatable bonds is 2. The highest BCUT2D eigenvalue weighted by molar-refractivity contribution is 5.85. The number of benzene rings is 1. The number of nitrogens with one attached hydrogen (secondary N) is 1. The van der Waals surface area contributed by atoms with Crippen molar-refractivity contribution in [3.8, 4) is 11.1 Å². The summed E-state index contributed by atoms with van der Waals surface area (Å²) in [7, 11) is 0. The first-order valence-electron chi connectivity index (χ1n) is 6.41. The normalized spacial score (nSPS) is 11.0. The molecular formula is C15H16FN3O2. The summed E-state index contributed by atoms with van der Waals surface area (Å²) >= 11 is 0. The van der Waals surface area contributed by atoms with E-state index >= 15 is 0 Å². The minimum atomic E-state index is -0.762. The van der Waals surface area contributed by atoms with E-state index in [1.54, 1.807) is 45.0 Å². The molecule has 0 atom stereocenters. The summed E-state index contributed by atoms with van der Waals surface area (Å²) < 4.78 is 17.8. The molecule has 0 radical (unpaired) electrons. The molecule has 1 amide bonds. The lowest BCUT2D eigenvalue weighted by molar-refractivity contribution is 0.0636. The number of aromatic nitrogens is 2. The predicted molar refractivity (Wildman–Crippen MR) is 77.3 cm³/mol. The lowest BCUT2D eigenvalue weighted by atomic mass is 10.1. The monoisotopic (exact) mass is 289 g/mol. The Bertz CT molecular complexity index is 619. The molecule has 6 heteroatoms. The summed E-state index contributed by atoms with van der Waals surface area (Å²) in [6, 6.07) is 7.01. The Labute approximate surface area is 122 Å². The van der Waals surface area contributed by atoms with Crippen LogP contribution >= 0.6 is 0 Å². The molecule has 0 saturated carbocycles. The van der Waals surface area contributed by atoms with E-state index in [1.165, 1.54) is 12.4 Å². The molecule has 1 aromatic heterocycles. The molecule has 0 aliphatic heterocycles. The van der Waals surface area contributed by atoms with Crippen LogP contribution in [-0.2, 0) is 4.74 Å². The molecule has 0 aliphatic rings. The Morgan fingerprint density at radius 2 is 1.67 bits per heavy atom. The van der Waals surface area contributed by atoms with Crippen LogP contribution < -0.4 is 5.32 Å². The number of ether oxygens (including phenoxy) is 1. The smallest absolute Gasteiger partial charge is 0.412 e. The molecular weight excluding hydrogens is 273 g/mol. The lowest BCUT2D eigenvalue weighted by Gasteiger charge is -2.19. The first-order valence-corrected chi connectivity index (χ1v) is 6.41. The van der Waals surface area contributed by atoms with Crippen LogP contribution in [0.1, 0.15) is 20.8 Å². The SMILES string of the molecule is CC(C)(C)OC(=O)Nc1ccc(-c2cnc(F)nc2)cc1. The van der Waals surface area contributed by atoms with E-state index in [-0.39, 0.29) is 0 Å². The van der Waals surface area contributed by atoms with Gasteiger partial charge in [0.25, 0.3) is 0 Å². The summed E-state index contributed by atoms with van der Waals surface area (Å²) in [5.41, 5.74) is 1.58. The minimum absolute atomic E-state index is 0.514. The predicted octanol–water partition coefficient (Wildman–Crippen LogP) is 3.63. The Balaban J connectivity index is 2.05. The van der Waals surface area contributed by atoms with Crippen LogP contribution in [0, 0.1) is 6.08 Å². The first kappa shape index (κ1) is 14.9. The van der Waals surface area contributed by atoms with Gasteiger partial charge in [0.05, 0.1) is 0 Å². The van der Waals surface area contributed by atoms with Crippen molar-refractivity contribution in [2.45, 2.75) is 26.4 Å². The van der Waals surface area contributed by atoms with Crippen molar-refractivity contribution in [1.29, 1.82) is 0 Å². The van der Waals surface area contributed by atoms with E-state index < -0.39 is 17.8 Å². The highest BCUT2D eigenvalue weighted by atomic mass is 19.1. The zero-order valence-corrected chi connectivity index (χ0v) is 12.1. The van der Waals surface area contributed by atoms with Crippen molar-refractivity contribution >= 4 is 11.8 Å². The highest BCUT2D eigenvalue weighted by Gasteiger charge is 2.16. The molecule has 1 heterocycles. The van der Waals surface area contributed by atoms with Gasteiger partial charge < -0.3 is 4.74 Å². The topological polar surface area (TPSA) is 64.1 Å². The molecule has 0 spiro atoms. The summed E-state index contributed by atoms with van der Waals surface area (Å²) in [4.78, 5) is 18.6. The number of hydrogen-bond donors (Lipinski definition) is 1. The molecule has 5 nitrogen and oxygen atoms in total. The van der Waals surface area contributed by atoms with Crippen LogP contribution in [0.5, 0.6) is 0 Å². The van der Waals surface area contributed by atoms with Gasteiger partial charge in [0, 0.05) is 23.6 Å². The van der Waals surface area contributed by atoms with Gasteiger partial charge in [-0.2, -0.15) is 4.39 Å². The molecule has 0 saturated heterocycles. The van der Waals surface area contributed by atoms with Crippen molar-refractivity contribution < 1.29 is 13.9 Å². The van der Waals surface area contributed by atoms with E-state index in [1.807, 2.05) is 0 Å². The molecule has 110 valence electrons. The van der Waals surface area contributed by atoms with Gasteiger partial charge >= 0.3 is 12.2 Å². The van der Waals surface area contributed by atoms with Crippen LogP contribution in [0.25, 0.3) is 11.1 Å². The molecule has 21 heavy (non-hydrogen) atoms. The summed E-state index contributed by atoms with van der Waals surface area (Å²) in [5.74, 6) is 0. The fourth-order valence-electron chi connectivity index (χ4n) is 1.63. The second kappa shape index (κ2) is 5.87. The van der Waals surface area contributed by atoms with Gasteiger partial charge in [-0.05, 0) is 38.5 Å². The molecule has 0 bridgehead atoms. The molecule has 2 aromatic rings. The van der Waals surface area contributed by atoms with E-state index in [4.69, 9.17) is 4.74 Å². The average Bonchev–Trinajstić information content (AvgIpc) is 2.38. The number of amides is 1. The van der Waals surface area contributed by atoms with Gasteiger partial charge in [-0.25, -0.2) is 14.8 Å². The third-order valence-corrected chi connectivity index (χ3v) is 2.48. The Kier molecular flexibility index (Phi) is 4.16. The third kappa shape index (κ3) is 4.52. The van der Waals surface area contributed by atoms with Crippen LogP contribution in [0.15, 0.2) is 36.7 Å². The standard InChI is InChI=1S/C15H16FN3O2/c1-15(2,3)21-14(20)19-12-6-4-10(5-7-12)11-8-17-13(16)18-9-11/h4-9H,1-3H3,(H,19,20). The second-order valence-corrected chi connectivity index (χ2v) is 5.45. The number of anilines is 1. The van der Waals surface area contributed by atoms with E-state index in [9.17, 15) is 9.18 Å². The molecule has 0 unspecified atom stereocenters. The maximum absolute atomic E-state index is 12.7. The Hall–Kier alpha value is -2.50. The van der Waals surface area contributed by atoms with Crippen molar-refractivity contribution in [3.05, 3.63) is 42.7 Å². The maximum atomic E-state index is 12.7. The molecule has 2 rings (SSSR count). The van der Waals surface area contributed by atoms with Gasteiger partial charge in [0.2, 0.25) is 0 Å². The van der Waals surface area contributed by atoms with Crippen LogP contribution in [0.4, 0.5) is 14.9 Å². The van der Waals surface area contributed by atoms with E-state index in [0.29, 0.717) is 11.3 Å². The van der Waals surface area contributed by atoms with Gasteiger partial charge in [0.1, 0.15) is 5.60 Å². The number of carbonyl (C=O) groups excluding carboxylic acids is 1. The summed E-state index contributed by atoms with van der Waals surface area (Å²) in [6.45, 7) is 5.39. The molecule has 0 fully saturated rings. The largest absolute Gasteiger partial charge is 0.444 e. The highest BCUT2D eigenvalue weighted by Crippen LogP contribution is 2.20. The average molecular weight is 289 g/mol. The minimum Gasteiger partial charge on any atom is -0.444 e. The third-order valence-electron chi connectivity index (χ3n) is 2.48. The maximum Gasteiger partial charge on any atom is 0.412 e. The zero-order chi connectivity index (χ0) is 15.5. The fourth-order valence-corrected chi connectivity index (χ4v) is 1.63. The molecule has 1 N–H and O–H groups in total. The van der Waals surface area contributed by atoms with Crippen molar-refractivity contribution in [2.75, 3.05) is 5.32 Å². The van der Waals surface area contributed by atoms with Crippen molar-refractivity contribution in [1.82, 2.24) is 9.97 Å². The van der Waals surface area contributed by atoms with E-state index in [2.05, 4.69) is 15.3 Å². The van der Waals surface area contributed by atoms with Crippen molar-refractivity contribution in [3.63, 3.8) is 0 Å². The number of carbonyl (C=O) groups is 1. The fraction of sp³-hybridized carbons (Fsp3) is 0.267. The lowest BCUT2D eigenvalue weighted by Crippen LogP contribution is -2.27. The van der Waals surface area contributed by atoms with Gasteiger partial charge in [-0.3, -0.25) is 5.32 Å². The quantitative estimate of drug-likeness (QED) is 0.857. The second-order valence-electron chi connectivity index (χ2n) is 5.45. The Morgan fingerprint density at radius 3 is 2.19 bits per heavy atom. The van der Waals surface area contributed by atoms with Crippen LogP contribution in [0.3, 0.4) is 0 Å². The Morgan fingerprint density at radius 1 is 1.10 bits per heavy atom. The first-order chi connectivity index (χ1) is 9.83. The van der Waals surface area contributed by atoms with Gasteiger partial charge in [-0.15, -0.1) is 0 Å². The number of nitrogens with zero attached hydrogens (tertiary/aromatic N) is 2. The van der Waals surface area contributed by atoms with Gasteiger partial charge in [0.15, 0.2) is 0 Å². The van der Waals surface area contributed by atoms with Crippen LogP contribution in [0.2, 0.25) is 0 Å². The molecule has 1 aromatic carbocycles. The van der Waals surface area contributed by atoms with Crippen LogP contribution in [-0.4, -0.2) is 21.7 Å². The number of hydrogen-bond acceptors (Lipinski definition) is 4. The van der Waals surface area contributed by atoms with Crippen molar-refractivity contribution in [2.24, 2.45) is 0 Å². The van der Waals surface area contributed by atoms with Gasteiger partial charge in [-0.1, -0.05) is 12.1 Å². The summed E-state index contributed by atoms with van der Waals surface area (Å²) in [5, 5.41) is 2.63. The number of halogens is 1. The van der Waals surface area contributed by atoms with E-state index in [0.717, 1.165) is 5.56 Å². The molecule has 0 aliphatic carbocycles. The summed E-state index contributed by atoms with van der Waals surface area (Å²) in [6.07, 6.45) is 1.53. The zero-order valence-electron chi connectivity index (χ0n) is 12.1.